The molecule has 1 atom stereocenters. The second-order valence-electron chi connectivity index (χ2n) is 5.70. The standard InChI is InChI=1S/C16H22N2O4/c1-9(2)11-5-7-12(8-6-11)15(20)22-13(10(3)4)14(19)18-16(17)21/h5-10,13H,1-4H3,(H3,17,18,19,21)/t13-/m0/s1. The predicted octanol–water partition coefficient (Wildman–Crippen LogP) is 2.19. The number of ether oxygens (including phenoxy) is 1. The van der Waals surface area contributed by atoms with Crippen molar-refractivity contribution >= 4 is 17.9 Å². The van der Waals surface area contributed by atoms with Gasteiger partial charge in [0, 0.05) is 0 Å². The third kappa shape index (κ3) is 4.87. The number of primary amides is 1. The fraction of sp³-hybridized carbons (Fsp3) is 0.438. The summed E-state index contributed by atoms with van der Waals surface area (Å²) in [6, 6.07) is 6.01. The first-order valence-electron chi connectivity index (χ1n) is 7.13. The summed E-state index contributed by atoms with van der Waals surface area (Å²) in [5, 5.41) is 1.93. The summed E-state index contributed by atoms with van der Waals surface area (Å²) in [4.78, 5) is 34.7. The van der Waals surface area contributed by atoms with Crippen LogP contribution in [0.2, 0.25) is 0 Å². The Morgan fingerprint density at radius 2 is 1.59 bits per heavy atom. The van der Waals surface area contributed by atoms with Crippen molar-refractivity contribution in [3.8, 4) is 0 Å². The van der Waals surface area contributed by atoms with Gasteiger partial charge in [-0.05, 0) is 29.5 Å². The van der Waals surface area contributed by atoms with Crippen LogP contribution in [0.25, 0.3) is 0 Å². The minimum Gasteiger partial charge on any atom is -0.448 e. The highest BCUT2D eigenvalue weighted by atomic mass is 16.5. The Labute approximate surface area is 130 Å². The number of nitrogens with one attached hydrogen (secondary N) is 1. The van der Waals surface area contributed by atoms with E-state index in [-0.39, 0.29) is 5.92 Å². The Morgan fingerprint density at radius 1 is 1.05 bits per heavy atom. The molecule has 0 unspecified atom stereocenters. The number of hydrogen-bond donors (Lipinski definition) is 2. The van der Waals surface area contributed by atoms with Gasteiger partial charge in [0.15, 0.2) is 6.10 Å². The number of urea groups is 1. The second-order valence-corrected chi connectivity index (χ2v) is 5.70. The molecule has 0 aliphatic rings. The third-order valence-corrected chi connectivity index (χ3v) is 3.16. The molecule has 22 heavy (non-hydrogen) atoms. The molecule has 0 aliphatic carbocycles. The van der Waals surface area contributed by atoms with E-state index >= 15 is 0 Å². The lowest BCUT2D eigenvalue weighted by atomic mass is 10.0. The Bertz CT molecular complexity index is 550. The molecule has 0 saturated heterocycles. The van der Waals surface area contributed by atoms with Crippen LogP contribution in [0.3, 0.4) is 0 Å². The molecule has 120 valence electrons. The molecule has 3 N–H and O–H groups in total. The maximum atomic E-state index is 12.1. The zero-order valence-electron chi connectivity index (χ0n) is 13.3. The number of carbonyl (C=O) groups is 3. The summed E-state index contributed by atoms with van der Waals surface area (Å²) in [7, 11) is 0. The van der Waals surface area contributed by atoms with E-state index in [1.165, 1.54) is 0 Å². The monoisotopic (exact) mass is 306 g/mol. The minimum absolute atomic E-state index is 0.293. The number of rotatable bonds is 5. The number of imide groups is 1. The van der Waals surface area contributed by atoms with Crippen LogP contribution in [-0.4, -0.2) is 24.0 Å². The van der Waals surface area contributed by atoms with E-state index in [9.17, 15) is 14.4 Å². The number of esters is 1. The van der Waals surface area contributed by atoms with Crippen molar-refractivity contribution in [2.45, 2.75) is 39.7 Å². The lowest BCUT2D eigenvalue weighted by Gasteiger charge is -2.20. The lowest BCUT2D eigenvalue weighted by molar-refractivity contribution is -0.130. The van der Waals surface area contributed by atoms with E-state index in [2.05, 4.69) is 13.8 Å². The van der Waals surface area contributed by atoms with Crippen molar-refractivity contribution in [2.24, 2.45) is 11.7 Å². The van der Waals surface area contributed by atoms with Crippen LogP contribution in [0.1, 0.15) is 49.5 Å². The molecule has 6 heteroatoms. The van der Waals surface area contributed by atoms with Crippen molar-refractivity contribution in [1.29, 1.82) is 0 Å². The van der Waals surface area contributed by atoms with Gasteiger partial charge in [0.25, 0.3) is 5.91 Å². The van der Waals surface area contributed by atoms with Gasteiger partial charge in [-0.15, -0.1) is 0 Å². The van der Waals surface area contributed by atoms with Crippen molar-refractivity contribution in [1.82, 2.24) is 5.32 Å². The minimum atomic E-state index is -1.08. The molecule has 0 heterocycles. The lowest BCUT2D eigenvalue weighted by Crippen LogP contribution is -2.45. The summed E-state index contributed by atoms with van der Waals surface area (Å²) in [5.41, 5.74) is 6.36. The summed E-state index contributed by atoms with van der Waals surface area (Å²) in [6.45, 7) is 7.52. The normalized spacial score (nSPS) is 12.1. The summed E-state index contributed by atoms with van der Waals surface area (Å²) in [6.07, 6.45) is -1.08. The van der Waals surface area contributed by atoms with E-state index in [4.69, 9.17) is 10.5 Å². The second kappa shape index (κ2) is 7.59. The van der Waals surface area contributed by atoms with Gasteiger partial charge in [-0.25, -0.2) is 9.59 Å². The first-order chi connectivity index (χ1) is 10.2. The zero-order chi connectivity index (χ0) is 16.9. The summed E-state index contributed by atoms with van der Waals surface area (Å²) in [5.74, 6) is -1.28. The fourth-order valence-corrected chi connectivity index (χ4v) is 1.87. The van der Waals surface area contributed by atoms with Crippen LogP contribution >= 0.6 is 0 Å². The van der Waals surface area contributed by atoms with E-state index in [1.54, 1.807) is 26.0 Å². The molecule has 0 aliphatic heterocycles. The number of hydrogen-bond acceptors (Lipinski definition) is 4. The van der Waals surface area contributed by atoms with Gasteiger partial charge in [-0.1, -0.05) is 39.8 Å². The van der Waals surface area contributed by atoms with Crippen LogP contribution in [0, 0.1) is 5.92 Å². The Morgan fingerprint density at radius 3 is 2.00 bits per heavy atom. The molecule has 6 nitrogen and oxygen atoms in total. The highest BCUT2D eigenvalue weighted by molar-refractivity contribution is 5.98. The highest BCUT2D eigenvalue weighted by Gasteiger charge is 2.27. The fourth-order valence-electron chi connectivity index (χ4n) is 1.87. The summed E-state index contributed by atoms with van der Waals surface area (Å²) >= 11 is 0. The SMILES string of the molecule is CC(C)c1ccc(C(=O)O[C@H](C(=O)NC(N)=O)C(C)C)cc1. The average Bonchev–Trinajstić information content (AvgIpc) is 2.43. The van der Waals surface area contributed by atoms with Crippen LogP contribution in [0.4, 0.5) is 4.79 Å². The molecule has 1 aromatic carbocycles. The first-order valence-corrected chi connectivity index (χ1v) is 7.13. The Kier molecular flexibility index (Phi) is 6.10. The zero-order valence-corrected chi connectivity index (χ0v) is 13.3. The van der Waals surface area contributed by atoms with Crippen molar-refractivity contribution in [3.05, 3.63) is 35.4 Å². The van der Waals surface area contributed by atoms with Crippen LogP contribution in [0.5, 0.6) is 0 Å². The van der Waals surface area contributed by atoms with E-state index in [1.807, 2.05) is 17.4 Å². The maximum absolute atomic E-state index is 12.1. The third-order valence-electron chi connectivity index (χ3n) is 3.16. The van der Waals surface area contributed by atoms with Gasteiger partial charge in [0.05, 0.1) is 5.56 Å². The average molecular weight is 306 g/mol. The molecule has 0 aromatic heterocycles. The molecule has 0 bridgehead atoms. The molecule has 3 amide bonds. The summed E-state index contributed by atoms with van der Waals surface area (Å²) < 4.78 is 5.20. The van der Waals surface area contributed by atoms with Crippen molar-refractivity contribution < 1.29 is 19.1 Å². The topological polar surface area (TPSA) is 98.5 Å². The number of carbonyl (C=O) groups excluding carboxylic acids is 3. The van der Waals surface area contributed by atoms with Crippen LogP contribution in [0.15, 0.2) is 24.3 Å². The van der Waals surface area contributed by atoms with Gasteiger partial charge in [0.2, 0.25) is 0 Å². The molecule has 1 aromatic rings. The maximum Gasteiger partial charge on any atom is 0.338 e. The quantitative estimate of drug-likeness (QED) is 0.814. The van der Waals surface area contributed by atoms with Crippen molar-refractivity contribution in [2.75, 3.05) is 0 Å². The largest absolute Gasteiger partial charge is 0.448 e. The van der Waals surface area contributed by atoms with Crippen LogP contribution < -0.4 is 11.1 Å². The van der Waals surface area contributed by atoms with E-state index in [0.717, 1.165) is 5.56 Å². The van der Waals surface area contributed by atoms with Crippen LogP contribution in [-0.2, 0) is 9.53 Å². The molecular weight excluding hydrogens is 284 g/mol. The Balaban J connectivity index is 2.82. The predicted molar refractivity (Wildman–Crippen MR) is 82.3 cm³/mol. The Hall–Kier alpha value is -2.37. The van der Waals surface area contributed by atoms with Gasteiger partial charge < -0.3 is 10.5 Å². The van der Waals surface area contributed by atoms with E-state index in [0.29, 0.717) is 11.5 Å². The molecule has 1 rings (SSSR count). The molecule has 0 radical (unpaired) electrons. The molecule has 0 saturated carbocycles. The smallest absolute Gasteiger partial charge is 0.338 e. The van der Waals surface area contributed by atoms with E-state index < -0.39 is 24.0 Å². The number of benzene rings is 1. The molecule has 0 spiro atoms. The van der Waals surface area contributed by atoms with Gasteiger partial charge >= 0.3 is 12.0 Å². The molecule has 0 fully saturated rings. The number of nitrogens with two attached hydrogens (primary N) is 1. The van der Waals surface area contributed by atoms with Gasteiger partial charge in [-0.2, -0.15) is 0 Å². The number of amides is 3. The highest BCUT2D eigenvalue weighted by Crippen LogP contribution is 2.16. The first kappa shape index (κ1) is 17.7. The van der Waals surface area contributed by atoms with Crippen molar-refractivity contribution in [3.63, 3.8) is 0 Å². The van der Waals surface area contributed by atoms with Gasteiger partial charge in [0.1, 0.15) is 0 Å². The molecular formula is C16H22N2O4. The van der Waals surface area contributed by atoms with Gasteiger partial charge in [-0.3, -0.25) is 10.1 Å².